The van der Waals surface area contributed by atoms with Crippen LogP contribution in [0.25, 0.3) is 5.53 Å². The molecule has 0 atom stereocenters. The van der Waals surface area contributed by atoms with E-state index >= 15 is 0 Å². The highest BCUT2D eigenvalue weighted by Gasteiger charge is 2.11. The molecule has 0 fully saturated rings. The fourth-order valence-corrected chi connectivity index (χ4v) is 2.61. The second-order valence-corrected chi connectivity index (χ2v) is 10.4. The Kier molecular flexibility index (Phi) is 6.83. The third kappa shape index (κ3) is 11.6. The van der Waals surface area contributed by atoms with Gasteiger partial charge in [-0.2, -0.15) is 4.79 Å². The maximum atomic E-state index is 8.15. The van der Waals surface area contributed by atoms with E-state index < -0.39 is 8.07 Å². The summed E-state index contributed by atoms with van der Waals surface area (Å²) in [7, 11) is -0.799. The summed E-state index contributed by atoms with van der Waals surface area (Å²) in [6.07, 6.45) is 7.66. The fraction of sp³-hybridized carbons (Fsp3) is 0.900. The van der Waals surface area contributed by atoms with Gasteiger partial charge in [0.15, 0.2) is 0 Å². The van der Waals surface area contributed by atoms with Crippen LogP contribution in [0.5, 0.6) is 0 Å². The van der Waals surface area contributed by atoms with Crippen LogP contribution in [0.4, 0.5) is 0 Å². The Morgan fingerprint density at radius 3 is 2.23 bits per heavy atom. The normalized spacial score (nSPS) is 11.0. The second kappa shape index (κ2) is 7.04. The largest absolute Gasteiger partial charge is 0.362 e. The summed E-state index contributed by atoms with van der Waals surface area (Å²) < 4.78 is 0. The summed E-state index contributed by atoms with van der Waals surface area (Å²) in [6.45, 7) is 7.27. The zero-order valence-electron chi connectivity index (χ0n) is 9.21. The van der Waals surface area contributed by atoms with Crippen molar-refractivity contribution in [1.82, 2.24) is 0 Å². The van der Waals surface area contributed by atoms with Crippen LogP contribution in [0, 0.1) is 0 Å². The summed E-state index contributed by atoms with van der Waals surface area (Å²) in [5, 5.41) is 0. The van der Waals surface area contributed by atoms with Gasteiger partial charge in [0, 0.05) is 14.5 Å². The van der Waals surface area contributed by atoms with Gasteiger partial charge in [-0.1, -0.05) is 44.9 Å². The molecule has 0 N–H and O–H groups in total. The minimum Gasteiger partial charge on any atom is -0.362 e. The molecular weight excluding hydrogens is 176 g/mol. The van der Waals surface area contributed by atoms with Crippen LogP contribution in [0.3, 0.4) is 0 Å². The average molecular weight is 198 g/mol. The molecule has 0 aromatic heterocycles. The molecule has 3 heteroatoms. The Morgan fingerprint density at radius 2 is 1.69 bits per heavy atom. The molecule has 0 bridgehead atoms. The lowest BCUT2D eigenvalue weighted by Crippen LogP contribution is -2.18. The highest BCUT2D eigenvalue weighted by molar-refractivity contribution is 6.76. The van der Waals surface area contributed by atoms with E-state index in [9.17, 15) is 0 Å². The van der Waals surface area contributed by atoms with Crippen LogP contribution in [0.15, 0.2) is 0 Å². The number of hydrogen-bond acceptors (Lipinski definition) is 0. The van der Waals surface area contributed by atoms with Gasteiger partial charge in [0.2, 0.25) is 0 Å². The zero-order valence-corrected chi connectivity index (χ0v) is 10.2. The Bertz CT molecular complexity index is 166. The van der Waals surface area contributed by atoms with Crippen molar-refractivity contribution in [3.8, 4) is 0 Å². The summed E-state index contributed by atoms with van der Waals surface area (Å²) in [4.78, 5) is 2.97. The lowest BCUT2D eigenvalue weighted by Gasteiger charge is -2.14. The van der Waals surface area contributed by atoms with Crippen molar-refractivity contribution in [1.29, 1.82) is 0 Å². The lowest BCUT2D eigenvalue weighted by atomic mass is 10.2. The second-order valence-electron chi connectivity index (χ2n) is 4.81. The first-order chi connectivity index (χ1) is 6.06. The highest BCUT2D eigenvalue weighted by atomic mass is 28.3. The summed E-state index contributed by atoms with van der Waals surface area (Å²) in [5.74, 6) is 0. The van der Waals surface area contributed by atoms with Crippen LogP contribution in [0.2, 0.25) is 25.7 Å². The monoisotopic (exact) mass is 198 g/mol. The van der Waals surface area contributed by atoms with E-state index in [1.807, 2.05) is 0 Å². The van der Waals surface area contributed by atoms with Gasteiger partial charge in [-0.05, 0) is 6.42 Å². The molecule has 0 heterocycles. The van der Waals surface area contributed by atoms with Crippen molar-refractivity contribution in [3.63, 3.8) is 0 Å². The zero-order chi connectivity index (χ0) is 10.2. The van der Waals surface area contributed by atoms with E-state index in [1.54, 1.807) is 6.21 Å². The average Bonchev–Trinajstić information content (AvgIpc) is 2.01. The van der Waals surface area contributed by atoms with E-state index in [1.165, 1.54) is 25.3 Å². The topological polar surface area (TPSA) is 36.4 Å². The van der Waals surface area contributed by atoms with Gasteiger partial charge >= 0.3 is 0 Å². The van der Waals surface area contributed by atoms with E-state index in [0.29, 0.717) is 0 Å². The van der Waals surface area contributed by atoms with Gasteiger partial charge in [0.25, 0.3) is 6.21 Å². The number of hydrogen-bond donors (Lipinski definition) is 0. The molecule has 0 aromatic rings. The third-order valence-corrected chi connectivity index (χ3v) is 3.95. The third-order valence-electron chi connectivity index (χ3n) is 2.09. The van der Waals surface area contributed by atoms with Crippen LogP contribution in [-0.4, -0.2) is 19.1 Å². The highest BCUT2D eigenvalue weighted by Crippen LogP contribution is 2.14. The minimum absolute atomic E-state index is 0.799. The van der Waals surface area contributed by atoms with E-state index in [4.69, 9.17) is 5.53 Å². The van der Waals surface area contributed by atoms with E-state index in [2.05, 4.69) is 24.4 Å². The Hall–Kier alpha value is -0.403. The van der Waals surface area contributed by atoms with Gasteiger partial charge < -0.3 is 5.53 Å². The number of nitrogens with zero attached hydrogens (tertiary/aromatic N) is 2. The maximum absolute atomic E-state index is 8.15. The first-order valence-electron chi connectivity index (χ1n) is 5.22. The standard InChI is InChI=1S/C10H22N2Si/c1-13(2,3)10-8-6-4-5-7-9-12-11/h9H,4-8,10H2,1-3H3. The number of unbranched alkanes of at least 4 members (excludes halogenated alkanes) is 4. The van der Waals surface area contributed by atoms with Crippen molar-refractivity contribution < 1.29 is 4.79 Å². The quantitative estimate of drug-likeness (QED) is 0.197. The molecular formula is C10H22N2Si. The Balaban J connectivity index is 3.13. The number of rotatable bonds is 7. The first-order valence-corrected chi connectivity index (χ1v) is 8.93. The molecule has 76 valence electrons. The first kappa shape index (κ1) is 12.6. The molecule has 0 radical (unpaired) electrons. The van der Waals surface area contributed by atoms with Crippen LogP contribution < -0.4 is 0 Å². The van der Waals surface area contributed by atoms with Crippen molar-refractivity contribution >= 4 is 14.3 Å². The van der Waals surface area contributed by atoms with Gasteiger partial charge in [-0.25, -0.2) is 0 Å². The molecule has 0 aromatic carbocycles. The van der Waals surface area contributed by atoms with Gasteiger partial charge in [-0.15, -0.1) is 0 Å². The van der Waals surface area contributed by atoms with Crippen molar-refractivity contribution in [2.24, 2.45) is 0 Å². The molecule has 0 aliphatic rings. The van der Waals surface area contributed by atoms with Crippen molar-refractivity contribution in [2.75, 3.05) is 0 Å². The predicted molar refractivity (Wildman–Crippen MR) is 60.9 cm³/mol. The van der Waals surface area contributed by atoms with E-state index in [0.717, 1.165) is 12.8 Å². The summed E-state index contributed by atoms with van der Waals surface area (Å²) >= 11 is 0. The molecule has 2 nitrogen and oxygen atoms in total. The van der Waals surface area contributed by atoms with Gasteiger partial charge in [0.05, 0.1) is 0 Å². The predicted octanol–water partition coefficient (Wildman–Crippen LogP) is 3.58. The van der Waals surface area contributed by atoms with Gasteiger partial charge in [-0.3, -0.25) is 0 Å². The van der Waals surface area contributed by atoms with Crippen molar-refractivity contribution in [2.45, 2.75) is 57.8 Å². The van der Waals surface area contributed by atoms with Gasteiger partial charge in [0.1, 0.15) is 0 Å². The molecule has 0 amide bonds. The molecule has 0 saturated carbocycles. The smallest absolute Gasteiger partial charge is 0.257 e. The van der Waals surface area contributed by atoms with Crippen LogP contribution in [-0.2, 0) is 0 Å². The van der Waals surface area contributed by atoms with Crippen LogP contribution in [0.1, 0.15) is 32.1 Å². The summed E-state index contributed by atoms with van der Waals surface area (Å²) in [5.41, 5.74) is 8.15. The molecule has 0 spiro atoms. The van der Waals surface area contributed by atoms with Crippen molar-refractivity contribution in [3.05, 3.63) is 5.53 Å². The molecule has 0 rings (SSSR count). The Labute approximate surface area is 83.0 Å². The summed E-state index contributed by atoms with van der Waals surface area (Å²) in [6, 6.07) is 1.45. The minimum atomic E-state index is -0.799. The van der Waals surface area contributed by atoms with Crippen LogP contribution >= 0.6 is 0 Å². The maximum Gasteiger partial charge on any atom is 0.257 e. The SMILES string of the molecule is C[Si](C)(C)CCCCCCC=[N+]=[N-]. The molecule has 0 saturated heterocycles. The molecule has 0 unspecified atom stereocenters. The molecule has 0 aliphatic carbocycles. The van der Waals surface area contributed by atoms with E-state index in [-0.39, 0.29) is 0 Å². The molecule has 0 aliphatic heterocycles. The fourth-order valence-electron chi connectivity index (χ4n) is 1.30. The molecule has 13 heavy (non-hydrogen) atoms. The lowest BCUT2D eigenvalue weighted by molar-refractivity contribution is 0.000735. The Morgan fingerprint density at radius 1 is 1.08 bits per heavy atom.